The van der Waals surface area contributed by atoms with Gasteiger partial charge in [0.1, 0.15) is 0 Å². The Bertz CT molecular complexity index is 296. The van der Waals surface area contributed by atoms with Crippen LogP contribution in [0.2, 0.25) is 0 Å². The Morgan fingerprint density at radius 1 is 1.64 bits per heavy atom. The van der Waals surface area contributed by atoms with Crippen LogP contribution in [0.1, 0.15) is 16.1 Å². The molecule has 11 heavy (non-hydrogen) atoms. The zero-order valence-electron chi connectivity index (χ0n) is 5.75. The minimum absolute atomic E-state index is 0.550. The summed E-state index contributed by atoms with van der Waals surface area (Å²) in [5.41, 5.74) is 1.16. The maximum atomic E-state index is 10.4. The van der Waals surface area contributed by atoms with Crippen LogP contribution in [0, 0.1) is 0 Å². The molecule has 0 aliphatic heterocycles. The maximum absolute atomic E-state index is 10.4. The summed E-state index contributed by atoms with van der Waals surface area (Å²) in [5.74, 6) is 0. The Hall–Kier alpha value is -0.960. The molecule has 0 aliphatic carbocycles. The van der Waals surface area contributed by atoms with Crippen molar-refractivity contribution in [3.63, 3.8) is 0 Å². The molecular formula is C8H6BrNO. The van der Waals surface area contributed by atoms with E-state index in [0.29, 0.717) is 11.3 Å². The largest absolute Gasteiger partial charge is 0.298 e. The van der Waals surface area contributed by atoms with Gasteiger partial charge in [-0.05, 0) is 28.1 Å². The zero-order valence-corrected chi connectivity index (χ0v) is 7.34. The number of carbonyl (C=O) groups excluding carboxylic acids is 1. The van der Waals surface area contributed by atoms with Gasteiger partial charge in [-0.2, -0.15) is 0 Å². The van der Waals surface area contributed by atoms with Crippen LogP contribution in [-0.2, 0) is 0 Å². The van der Waals surface area contributed by atoms with Crippen molar-refractivity contribution in [2.24, 2.45) is 0 Å². The lowest BCUT2D eigenvalue weighted by Crippen LogP contribution is -1.89. The number of aromatic nitrogens is 1. The van der Waals surface area contributed by atoms with Gasteiger partial charge < -0.3 is 0 Å². The molecule has 1 aromatic heterocycles. The quantitative estimate of drug-likeness (QED) is 0.704. The van der Waals surface area contributed by atoms with Crippen molar-refractivity contribution in [3.05, 3.63) is 34.6 Å². The van der Waals surface area contributed by atoms with Gasteiger partial charge in [0.25, 0.3) is 0 Å². The average Bonchev–Trinajstić information content (AvgIpc) is 2.04. The fourth-order valence-electron chi connectivity index (χ4n) is 0.730. The van der Waals surface area contributed by atoms with Gasteiger partial charge in [-0.25, -0.2) is 0 Å². The molecule has 0 atom stereocenters. The number of hydrogen-bond donors (Lipinski definition) is 0. The molecule has 0 saturated carbocycles. The highest BCUT2D eigenvalue weighted by Gasteiger charge is 1.98. The number of aldehydes is 1. The van der Waals surface area contributed by atoms with Crippen molar-refractivity contribution < 1.29 is 4.79 Å². The van der Waals surface area contributed by atoms with E-state index in [-0.39, 0.29) is 0 Å². The molecule has 0 saturated heterocycles. The Labute approximate surface area is 73.1 Å². The third-order valence-electron chi connectivity index (χ3n) is 1.24. The van der Waals surface area contributed by atoms with Gasteiger partial charge in [0.15, 0.2) is 6.29 Å². The van der Waals surface area contributed by atoms with Gasteiger partial charge in [-0.15, -0.1) is 0 Å². The second-order valence-electron chi connectivity index (χ2n) is 1.95. The lowest BCUT2D eigenvalue weighted by atomic mass is 10.2. The van der Waals surface area contributed by atoms with E-state index < -0.39 is 0 Å². The number of nitrogens with zero attached hydrogens (tertiary/aromatic N) is 1. The monoisotopic (exact) mass is 211 g/mol. The molecule has 1 rings (SSSR count). The van der Waals surface area contributed by atoms with Crippen LogP contribution in [0.5, 0.6) is 0 Å². The van der Waals surface area contributed by atoms with Gasteiger partial charge in [-0.1, -0.05) is 6.58 Å². The highest BCUT2D eigenvalue weighted by Crippen LogP contribution is 2.12. The van der Waals surface area contributed by atoms with Crippen LogP contribution in [0.15, 0.2) is 23.3 Å². The predicted octanol–water partition coefficient (Wildman–Crippen LogP) is 2.30. The van der Waals surface area contributed by atoms with E-state index in [1.54, 1.807) is 18.3 Å². The smallest absolute Gasteiger partial charge is 0.152 e. The minimum Gasteiger partial charge on any atom is -0.298 e. The highest BCUT2D eigenvalue weighted by molar-refractivity contribution is 9.10. The molecule has 2 nitrogen and oxygen atoms in total. The zero-order chi connectivity index (χ0) is 8.27. The molecule has 0 amide bonds. The molecule has 1 heterocycles. The van der Waals surface area contributed by atoms with Crippen LogP contribution < -0.4 is 0 Å². The Morgan fingerprint density at radius 3 is 2.91 bits per heavy atom. The summed E-state index contributed by atoms with van der Waals surface area (Å²) in [6.07, 6.45) is 3.94. The second kappa shape index (κ2) is 3.44. The number of carbonyl (C=O) groups is 1. The van der Waals surface area contributed by atoms with E-state index in [0.717, 1.165) is 10.8 Å². The summed E-state index contributed by atoms with van der Waals surface area (Å²) >= 11 is 3.21. The molecule has 0 bridgehead atoms. The van der Waals surface area contributed by atoms with Crippen molar-refractivity contribution in [2.45, 2.75) is 0 Å². The summed E-state index contributed by atoms with van der Waals surface area (Å²) in [7, 11) is 0. The summed E-state index contributed by atoms with van der Waals surface area (Å²) in [6, 6.07) is 1.71. The SMILES string of the molecule is C=Cc1ncc(Br)cc1C=O. The lowest BCUT2D eigenvalue weighted by molar-refractivity contribution is 0.112. The molecule has 0 N–H and O–H groups in total. The van der Waals surface area contributed by atoms with Crippen LogP contribution in [0.3, 0.4) is 0 Å². The molecule has 0 fully saturated rings. The first-order valence-electron chi connectivity index (χ1n) is 3.01. The van der Waals surface area contributed by atoms with E-state index in [9.17, 15) is 4.79 Å². The van der Waals surface area contributed by atoms with E-state index in [2.05, 4.69) is 27.5 Å². The van der Waals surface area contributed by atoms with Crippen LogP contribution in [0.4, 0.5) is 0 Å². The first kappa shape index (κ1) is 8.14. The second-order valence-corrected chi connectivity index (χ2v) is 2.87. The van der Waals surface area contributed by atoms with E-state index >= 15 is 0 Å². The number of pyridine rings is 1. The van der Waals surface area contributed by atoms with Crippen LogP contribution >= 0.6 is 15.9 Å². The molecular weight excluding hydrogens is 206 g/mol. The van der Waals surface area contributed by atoms with E-state index in [4.69, 9.17) is 0 Å². The predicted molar refractivity (Wildman–Crippen MR) is 47.4 cm³/mol. The lowest BCUT2D eigenvalue weighted by Gasteiger charge is -1.96. The molecule has 56 valence electrons. The average molecular weight is 212 g/mol. The standard InChI is InChI=1S/C8H6BrNO/c1-2-8-6(5-11)3-7(9)4-10-8/h2-5H,1H2. The Morgan fingerprint density at radius 2 is 2.36 bits per heavy atom. The summed E-state index contributed by atoms with van der Waals surface area (Å²) in [4.78, 5) is 14.4. The maximum Gasteiger partial charge on any atom is 0.152 e. The Balaban J connectivity index is 3.26. The molecule has 0 radical (unpaired) electrons. The molecule has 0 aliphatic rings. The third-order valence-corrected chi connectivity index (χ3v) is 1.67. The molecule has 0 spiro atoms. The number of hydrogen-bond acceptors (Lipinski definition) is 2. The Kier molecular flexibility index (Phi) is 2.54. The van der Waals surface area contributed by atoms with Gasteiger partial charge >= 0.3 is 0 Å². The number of rotatable bonds is 2. The summed E-state index contributed by atoms with van der Waals surface area (Å²) < 4.78 is 0.796. The molecule has 0 unspecified atom stereocenters. The van der Waals surface area contributed by atoms with E-state index in [1.165, 1.54) is 0 Å². The van der Waals surface area contributed by atoms with E-state index in [1.807, 2.05) is 0 Å². The summed E-state index contributed by atoms with van der Waals surface area (Å²) in [6.45, 7) is 3.53. The van der Waals surface area contributed by atoms with Gasteiger partial charge in [0.2, 0.25) is 0 Å². The number of halogens is 1. The van der Waals surface area contributed by atoms with Gasteiger partial charge in [0, 0.05) is 16.2 Å². The molecule has 0 aromatic carbocycles. The van der Waals surface area contributed by atoms with Gasteiger partial charge in [0.05, 0.1) is 5.69 Å². The topological polar surface area (TPSA) is 30.0 Å². The fourth-order valence-corrected chi connectivity index (χ4v) is 1.08. The van der Waals surface area contributed by atoms with Crippen LogP contribution in [0.25, 0.3) is 6.08 Å². The minimum atomic E-state index is 0.550. The first-order chi connectivity index (χ1) is 5.27. The van der Waals surface area contributed by atoms with Crippen molar-refractivity contribution in [1.82, 2.24) is 4.98 Å². The van der Waals surface area contributed by atoms with Crippen molar-refractivity contribution >= 4 is 28.3 Å². The third kappa shape index (κ3) is 1.74. The van der Waals surface area contributed by atoms with Crippen molar-refractivity contribution in [1.29, 1.82) is 0 Å². The van der Waals surface area contributed by atoms with Crippen LogP contribution in [-0.4, -0.2) is 11.3 Å². The van der Waals surface area contributed by atoms with Gasteiger partial charge in [-0.3, -0.25) is 9.78 Å². The highest BCUT2D eigenvalue weighted by atomic mass is 79.9. The molecule has 3 heteroatoms. The molecule has 1 aromatic rings. The van der Waals surface area contributed by atoms with Crippen molar-refractivity contribution in [2.75, 3.05) is 0 Å². The fraction of sp³-hybridized carbons (Fsp3) is 0. The van der Waals surface area contributed by atoms with Crippen molar-refractivity contribution in [3.8, 4) is 0 Å². The summed E-state index contributed by atoms with van der Waals surface area (Å²) in [5, 5.41) is 0. The first-order valence-corrected chi connectivity index (χ1v) is 3.80. The normalized spacial score (nSPS) is 9.18.